The third-order valence-corrected chi connectivity index (χ3v) is 5.82. The summed E-state index contributed by atoms with van der Waals surface area (Å²) in [6.07, 6.45) is 4.58. The first kappa shape index (κ1) is 23.0. The van der Waals surface area contributed by atoms with Gasteiger partial charge in [-0.25, -0.2) is 4.58 Å². The van der Waals surface area contributed by atoms with Crippen LogP contribution in [-0.2, 0) is 0 Å². The summed E-state index contributed by atoms with van der Waals surface area (Å²) < 4.78 is 2.18. The Bertz CT molecular complexity index is 1280. The molecule has 168 valence electrons. The van der Waals surface area contributed by atoms with E-state index in [1.165, 1.54) is 16.7 Å². The molecule has 2 nitrogen and oxygen atoms in total. The predicted octanol–water partition coefficient (Wildman–Crippen LogP) is 7.01. The average molecular weight is 444 g/mol. The van der Waals surface area contributed by atoms with Gasteiger partial charge in [0.25, 0.3) is 0 Å². The standard InChI is InChI=1S/C32H31N2/c1-33(2)31(27-18-10-5-11-19-27)24-29(26-16-8-4-9-17-26)25-32(28-20-12-6-13-21-28)34(3)30-22-14-7-15-23-30/h4-25H,1-3H3/q+1. The molecule has 0 aliphatic heterocycles. The van der Waals surface area contributed by atoms with Crippen molar-refractivity contribution in [2.75, 3.05) is 26.0 Å². The molecule has 0 aliphatic carbocycles. The van der Waals surface area contributed by atoms with Crippen LogP contribution in [0.25, 0.3) is 11.3 Å². The summed E-state index contributed by atoms with van der Waals surface area (Å²) in [5.74, 6) is 0. The molecular formula is C32H31N2+. The second-order valence-corrected chi connectivity index (χ2v) is 8.40. The molecule has 0 bridgehead atoms. The number of nitrogens with zero attached hydrogens (tertiary/aromatic N) is 2. The van der Waals surface area contributed by atoms with Crippen molar-refractivity contribution in [2.45, 2.75) is 0 Å². The van der Waals surface area contributed by atoms with Crippen LogP contribution in [-0.4, -0.2) is 31.4 Å². The Kier molecular flexibility index (Phi) is 7.52. The molecule has 0 heterocycles. The largest absolute Gasteiger partial charge is 0.344 e. The maximum atomic E-state index is 2.30. The zero-order chi connectivity index (χ0) is 23.8. The third kappa shape index (κ3) is 5.60. The molecule has 0 aliphatic rings. The molecule has 4 aromatic rings. The van der Waals surface area contributed by atoms with E-state index in [1.807, 2.05) is 0 Å². The summed E-state index contributed by atoms with van der Waals surface area (Å²) >= 11 is 0. The van der Waals surface area contributed by atoms with Gasteiger partial charge < -0.3 is 4.90 Å². The number of hydrogen-bond acceptors (Lipinski definition) is 1. The maximum Gasteiger partial charge on any atom is 0.207 e. The maximum absolute atomic E-state index is 2.30. The summed E-state index contributed by atoms with van der Waals surface area (Å²) in [7, 11) is 6.32. The van der Waals surface area contributed by atoms with Crippen LogP contribution in [0.3, 0.4) is 0 Å². The Morgan fingerprint density at radius 3 is 1.50 bits per heavy atom. The van der Waals surface area contributed by atoms with Gasteiger partial charge in [-0.15, -0.1) is 0 Å². The highest BCUT2D eigenvalue weighted by atomic mass is 15.1. The second kappa shape index (κ2) is 11.1. The first-order chi connectivity index (χ1) is 16.6. The van der Waals surface area contributed by atoms with E-state index < -0.39 is 0 Å². The lowest BCUT2D eigenvalue weighted by Crippen LogP contribution is -2.16. The van der Waals surface area contributed by atoms with Crippen LogP contribution in [0.4, 0.5) is 5.69 Å². The Morgan fingerprint density at radius 1 is 0.559 bits per heavy atom. The van der Waals surface area contributed by atoms with Crippen molar-refractivity contribution in [1.82, 2.24) is 0 Å². The smallest absolute Gasteiger partial charge is 0.207 e. The van der Waals surface area contributed by atoms with Crippen LogP contribution in [0, 0.1) is 0 Å². The van der Waals surface area contributed by atoms with Crippen LogP contribution < -0.4 is 4.90 Å². The van der Waals surface area contributed by atoms with E-state index in [2.05, 4.69) is 164 Å². The molecule has 0 saturated heterocycles. The van der Waals surface area contributed by atoms with Crippen molar-refractivity contribution < 1.29 is 4.58 Å². The fourth-order valence-electron chi connectivity index (χ4n) is 3.99. The SMILES string of the molecule is CN(/C(=C/C(=C/C(c1ccccc1)=[N+](C)C)c1ccccc1)c1ccccc1)c1ccccc1. The Balaban J connectivity index is 1.93. The van der Waals surface area contributed by atoms with Crippen molar-refractivity contribution in [3.63, 3.8) is 0 Å². The van der Waals surface area contributed by atoms with E-state index in [9.17, 15) is 0 Å². The van der Waals surface area contributed by atoms with Gasteiger partial charge in [0.05, 0.1) is 0 Å². The van der Waals surface area contributed by atoms with Crippen LogP contribution in [0.1, 0.15) is 16.7 Å². The highest BCUT2D eigenvalue weighted by Gasteiger charge is 2.15. The topological polar surface area (TPSA) is 6.25 Å². The molecule has 0 spiro atoms. The van der Waals surface area contributed by atoms with E-state index in [0.29, 0.717) is 0 Å². The number of rotatable bonds is 7. The van der Waals surface area contributed by atoms with Crippen LogP contribution >= 0.6 is 0 Å². The Labute approximate surface area is 203 Å². The van der Waals surface area contributed by atoms with Gasteiger partial charge in [0, 0.05) is 30.1 Å². The Morgan fingerprint density at radius 2 is 1.00 bits per heavy atom. The second-order valence-electron chi connectivity index (χ2n) is 8.40. The monoisotopic (exact) mass is 443 g/mol. The quantitative estimate of drug-likeness (QED) is 0.169. The molecular weight excluding hydrogens is 412 g/mol. The molecule has 4 rings (SSSR count). The summed E-state index contributed by atoms with van der Waals surface area (Å²) in [5.41, 5.74) is 8.11. The lowest BCUT2D eigenvalue weighted by atomic mass is 9.98. The molecule has 0 radical (unpaired) electrons. The van der Waals surface area contributed by atoms with Gasteiger partial charge in [-0.3, -0.25) is 0 Å². The molecule has 0 atom stereocenters. The van der Waals surface area contributed by atoms with Gasteiger partial charge in [-0.1, -0.05) is 97.1 Å². The molecule has 2 heteroatoms. The van der Waals surface area contributed by atoms with Crippen molar-refractivity contribution in [1.29, 1.82) is 0 Å². The fraction of sp³-hybridized carbons (Fsp3) is 0.0938. The lowest BCUT2D eigenvalue weighted by Gasteiger charge is -2.24. The third-order valence-electron chi connectivity index (χ3n) is 5.82. The molecule has 0 N–H and O–H groups in total. The summed E-state index contributed by atoms with van der Waals surface area (Å²) in [6.45, 7) is 0. The van der Waals surface area contributed by atoms with Gasteiger partial charge in [0.1, 0.15) is 14.1 Å². The molecule has 0 amide bonds. The normalized spacial score (nSPS) is 11.7. The van der Waals surface area contributed by atoms with Gasteiger partial charge in [0.15, 0.2) is 0 Å². The van der Waals surface area contributed by atoms with Crippen molar-refractivity contribution in [3.05, 3.63) is 150 Å². The molecule has 0 saturated carbocycles. The molecule has 34 heavy (non-hydrogen) atoms. The first-order valence-electron chi connectivity index (χ1n) is 11.6. The number of benzene rings is 4. The number of anilines is 1. The van der Waals surface area contributed by atoms with Crippen LogP contribution in [0.5, 0.6) is 0 Å². The van der Waals surface area contributed by atoms with E-state index in [4.69, 9.17) is 0 Å². The summed E-state index contributed by atoms with van der Waals surface area (Å²) in [4.78, 5) is 2.25. The average Bonchev–Trinajstić information content (AvgIpc) is 2.90. The van der Waals surface area contributed by atoms with E-state index in [-0.39, 0.29) is 0 Å². The zero-order valence-electron chi connectivity index (χ0n) is 20.1. The van der Waals surface area contributed by atoms with E-state index >= 15 is 0 Å². The predicted molar refractivity (Wildman–Crippen MR) is 146 cm³/mol. The number of hydrogen-bond donors (Lipinski definition) is 0. The molecule has 4 aromatic carbocycles. The minimum atomic E-state index is 1.13. The lowest BCUT2D eigenvalue weighted by molar-refractivity contribution is -0.463. The summed E-state index contributed by atoms with van der Waals surface area (Å²) in [5, 5.41) is 0. The van der Waals surface area contributed by atoms with Gasteiger partial charge in [-0.2, -0.15) is 0 Å². The van der Waals surface area contributed by atoms with E-state index in [1.54, 1.807) is 0 Å². The minimum Gasteiger partial charge on any atom is -0.344 e. The van der Waals surface area contributed by atoms with Gasteiger partial charge in [-0.05, 0) is 47.0 Å². The number of para-hydroxylation sites is 1. The number of allylic oxidation sites excluding steroid dienone is 3. The minimum absolute atomic E-state index is 1.13. The van der Waals surface area contributed by atoms with Crippen molar-refractivity contribution >= 4 is 22.7 Å². The molecule has 0 aromatic heterocycles. The van der Waals surface area contributed by atoms with Crippen molar-refractivity contribution in [2.24, 2.45) is 0 Å². The van der Waals surface area contributed by atoms with Crippen LogP contribution in [0.15, 0.2) is 133 Å². The first-order valence-corrected chi connectivity index (χ1v) is 11.6. The van der Waals surface area contributed by atoms with Crippen molar-refractivity contribution in [3.8, 4) is 0 Å². The van der Waals surface area contributed by atoms with E-state index in [0.717, 1.165) is 22.7 Å². The highest BCUT2D eigenvalue weighted by molar-refractivity contribution is 6.11. The fourth-order valence-corrected chi connectivity index (χ4v) is 3.99. The Hall–Kier alpha value is -4.17. The molecule has 0 unspecified atom stereocenters. The molecule has 0 fully saturated rings. The van der Waals surface area contributed by atoms with Crippen LogP contribution in [0.2, 0.25) is 0 Å². The van der Waals surface area contributed by atoms with Gasteiger partial charge >= 0.3 is 0 Å². The van der Waals surface area contributed by atoms with Gasteiger partial charge in [0.2, 0.25) is 5.71 Å². The zero-order valence-corrected chi connectivity index (χ0v) is 20.1. The summed E-state index contributed by atoms with van der Waals surface area (Å²) in [6, 6.07) is 42.2. The highest BCUT2D eigenvalue weighted by Crippen LogP contribution is 2.29.